The number of nitrogens with zero attached hydrogens (tertiary/aromatic N) is 5. The summed E-state index contributed by atoms with van der Waals surface area (Å²) in [4.78, 5) is 30.3. The fourth-order valence-electron chi connectivity index (χ4n) is 4.34. The van der Waals surface area contributed by atoms with Crippen LogP contribution in [-0.4, -0.2) is 52.9 Å². The van der Waals surface area contributed by atoms with Gasteiger partial charge in [-0.1, -0.05) is 18.2 Å². The maximum atomic E-state index is 15.0. The summed E-state index contributed by atoms with van der Waals surface area (Å²) in [5.74, 6) is -3.11. The van der Waals surface area contributed by atoms with E-state index in [1.165, 1.54) is 17.0 Å². The van der Waals surface area contributed by atoms with Gasteiger partial charge in [-0.25, -0.2) is 28.1 Å². The molecule has 1 saturated heterocycles. The molecule has 10 heteroatoms. The number of nitrogens with one attached hydrogen (secondary N) is 1. The maximum absolute atomic E-state index is 15.0. The minimum atomic E-state index is -3.31. The second-order valence-corrected chi connectivity index (χ2v) is 9.21. The van der Waals surface area contributed by atoms with E-state index in [2.05, 4.69) is 20.2 Å². The monoisotopic (exact) mass is 486 g/mol. The Morgan fingerprint density at radius 2 is 1.86 bits per heavy atom. The van der Waals surface area contributed by atoms with Gasteiger partial charge in [0.2, 0.25) is 0 Å². The summed E-state index contributed by atoms with van der Waals surface area (Å²) >= 11 is 0. The molecule has 1 fully saturated rings. The van der Waals surface area contributed by atoms with Crippen molar-refractivity contribution >= 4 is 28.6 Å². The lowest BCUT2D eigenvalue weighted by Gasteiger charge is -2.23. The average Bonchev–Trinajstić information content (AvgIpc) is 3.31. The van der Waals surface area contributed by atoms with Crippen LogP contribution >= 0.6 is 0 Å². The van der Waals surface area contributed by atoms with Gasteiger partial charge in [-0.15, -0.1) is 0 Å². The number of rotatable bonds is 6. The summed E-state index contributed by atoms with van der Waals surface area (Å²) in [6.45, 7) is 5.65. The Kier molecular flexibility index (Phi) is 6.57. The van der Waals surface area contributed by atoms with Crippen molar-refractivity contribution in [2.24, 2.45) is 0 Å². The largest absolute Gasteiger partial charge is 0.363 e. The molecule has 1 aliphatic heterocycles. The Labute approximate surface area is 202 Å². The second-order valence-electron chi connectivity index (χ2n) is 9.21. The molecule has 7 nitrogen and oxygen atoms in total. The molecule has 0 radical (unpaired) electrons. The summed E-state index contributed by atoms with van der Waals surface area (Å²) in [5.41, 5.74) is 0.243. The van der Waals surface area contributed by atoms with Crippen LogP contribution in [0.25, 0.3) is 11.0 Å². The summed E-state index contributed by atoms with van der Waals surface area (Å²) in [7, 11) is 3.35. The van der Waals surface area contributed by atoms with Crippen LogP contribution in [0.1, 0.15) is 60.0 Å². The van der Waals surface area contributed by atoms with E-state index in [4.69, 9.17) is 4.98 Å². The molecule has 1 aliphatic rings. The molecule has 0 aliphatic carbocycles. The van der Waals surface area contributed by atoms with Crippen LogP contribution in [0.3, 0.4) is 0 Å². The number of aromatic nitrogens is 3. The number of alkyl halides is 2. The number of amides is 1. The first-order valence-electron chi connectivity index (χ1n) is 11.6. The minimum absolute atomic E-state index is 0.0830. The van der Waals surface area contributed by atoms with Crippen LogP contribution < -0.4 is 10.2 Å². The van der Waals surface area contributed by atoms with E-state index in [0.717, 1.165) is 32.0 Å². The fraction of sp³-hybridized carbons (Fsp3) is 0.440. The molecule has 4 rings (SSSR count). The zero-order valence-electron chi connectivity index (χ0n) is 20.5. The SMILES string of the molecule is Cc1nc(N[C@H](C)c2cccc(C(C)(F)F)c2F)c2cc(C(=O)N(C)C)c(N3CCCC3)nc2n1. The lowest BCUT2D eigenvalue weighted by molar-refractivity contribution is 0.0135. The second kappa shape index (κ2) is 9.31. The van der Waals surface area contributed by atoms with Gasteiger partial charge in [-0.2, -0.15) is 0 Å². The first-order valence-corrected chi connectivity index (χ1v) is 11.6. The van der Waals surface area contributed by atoms with Crippen molar-refractivity contribution in [3.63, 3.8) is 0 Å². The molecule has 0 unspecified atom stereocenters. The van der Waals surface area contributed by atoms with Gasteiger partial charge in [0.05, 0.1) is 22.6 Å². The molecule has 0 spiro atoms. The molecule has 186 valence electrons. The first kappa shape index (κ1) is 24.7. The Bertz CT molecular complexity index is 1270. The zero-order valence-corrected chi connectivity index (χ0v) is 20.5. The molecule has 1 N–H and O–H groups in total. The van der Waals surface area contributed by atoms with Crippen molar-refractivity contribution < 1.29 is 18.0 Å². The highest BCUT2D eigenvalue weighted by Crippen LogP contribution is 2.34. The standard InChI is InChI=1S/C25H29F3N6O/c1-14(16-9-8-10-19(20(16)26)25(3,27)28)29-21-17-13-18(24(35)33(4)5)23(34-11-6-7-12-34)32-22(17)31-15(2)30-21/h8-10,13-14H,6-7,11-12H2,1-5H3,(H,29,30,31,32)/t14-/m1/s1. The van der Waals surface area contributed by atoms with E-state index in [1.54, 1.807) is 34.0 Å². The fourth-order valence-corrected chi connectivity index (χ4v) is 4.34. The number of hydrogen-bond donors (Lipinski definition) is 1. The number of aryl methyl sites for hydroxylation is 1. The summed E-state index contributed by atoms with van der Waals surface area (Å²) in [6.07, 6.45) is 2.04. The number of carbonyl (C=O) groups is 1. The van der Waals surface area contributed by atoms with Gasteiger partial charge in [0.1, 0.15) is 23.3 Å². The predicted molar refractivity (Wildman–Crippen MR) is 130 cm³/mol. The molecule has 3 heterocycles. The van der Waals surface area contributed by atoms with Crippen LogP contribution in [0, 0.1) is 12.7 Å². The number of anilines is 2. The van der Waals surface area contributed by atoms with E-state index < -0.39 is 23.3 Å². The molecule has 1 atom stereocenters. The molecule has 2 aromatic heterocycles. The molecule has 1 aromatic carbocycles. The number of pyridine rings is 1. The van der Waals surface area contributed by atoms with Crippen molar-refractivity contribution in [1.29, 1.82) is 0 Å². The lowest BCUT2D eigenvalue weighted by Crippen LogP contribution is -2.28. The first-order chi connectivity index (χ1) is 16.5. The van der Waals surface area contributed by atoms with Crippen LogP contribution in [0.5, 0.6) is 0 Å². The average molecular weight is 487 g/mol. The van der Waals surface area contributed by atoms with Crippen molar-refractivity contribution in [3.05, 3.63) is 52.6 Å². The molecule has 0 bridgehead atoms. The van der Waals surface area contributed by atoms with Gasteiger partial charge in [-0.05, 0) is 32.8 Å². The normalized spacial score (nSPS) is 14.9. The van der Waals surface area contributed by atoms with E-state index in [-0.39, 0.29) is 11.5 Å². The molecule has 1 amide bonds. The van der Waals surface area contributed by atoms with Crippen LogP contribution in [0.2, 0.25) is 0 Å². The number of halogens is 3. The quantitative estimate of drug-likeness (QED) is 0.525. The highest BCUT2D eigenvalue weighted by Gasteiger charge is 2.30. The van der Waals surface area contributed by atoms with E-state index >= 15 is 0 Å². The summed E-state index contributed by atoms with van der Waals surface area (Å²) < 4.78 is 42.7. The van der Waals surface area contributed by atoms with Crippen LogP contribution in [0.4, 0.5) is 24.8 Å². The number of fused-ring (bicyclic) bond motifs is 1. The molecular weight excluding hydrogens is 457 g/mol. The Hall–Kier alpha value is -3.43. The van der Waals surface area contributed by atoms with Gasteiger partial charge >= 0.3 is 0 Å². The smallest absolute Gasteiger partial charge is 0.273 e. The molecule has 35 heavy (non-hydrogen) atoms. The zero-order chi connectivity index (χ0) is 25.5. The Morgan fingerprint density at radius 1 is 1.17 bits per heavy atom. The summed E-state index contributed by atoms with van der Waals surface area (Å²) in [5, 5.41) is 3.62. The van der Waals surface area contributed by atoms with Crippen molar-refractivity contribution in [2.45, 2.75) is 45.6 Å². The molecule has 0 saturated carbocycles. The predicted octanol–water partition coefficient (Wildman–Crippen LogP) is 5.06. The third kappa shape index (κ3) is 4.87. The van der Waals surface area contributed by atoms with Gasteiger partial charge in [0.25, 0.3) is 11.8 Å². The topological polar surface area (TPSA) is 74.2 Å². The minimum Gasteiger partial charge on any atom is -0.363 e. The van der Waals surface area contributed by atoms with Crippen molar-refractivity contribution in [1.82, 2.24) is 19.9 Å². The molecular formula is C25H29F3N6O. The van der Waals surface area contributed by atoms with Gasteiger partial charge < -0.3 is 15.1 Å². The lowest BCUT2D eigenvalue weighted by atomic mass is 10.0. The van der Waals surface area contributed by atoms with Crippen LogP contribution in [-0.2, 0) is 5.92 Å². The molecule has 3 aromatic rings. The number of hydrogen-bond acceptors (Lipinski definition) is 6. The maximum Gasteiger partial charge on any atom is 0.273 e. The number of benzene rings is 1. The summed E-state index contributed by atoms with van der Waals surface area (Å²) in [6, 6.07) is 4.97. The Balaban J connectivity index is 1.81. The number of carbonyl (C=O) groups excluding carboxylic acids is 1. The van der Waals surface area contributed by atoms with Gasteiger partial charge in [0, 0.05) is 39.7 Å². The highest BCUT2D eigenvalue weighted by molar-refractivity contribution is 6.03. The van der Waals surface area contributed by atoms with Crippen molar-refractivity contribution in [3.8, 4) is 0 Å². The van der Waals surface area contributed by atoms with Gasteiger partial charge in [0.15, 0.2) is 5.65 Å². The van der Waals surface area contributed by atoms with Gasteiger partial charge in [-0.3, -0.25) is 4.79 Å². The van der Waals surface area contributed by atoms with Crippen molar-refractivity contribution in [2.75, 3.05) is 37.4 Å². The van der Waals surface area contributed by atoms with E-state index in [9.17, 15) is 18.0 Å². The van der Waals surface area contributed by atoms with E-state index in [0.29, 0.717) is 41.0 Å². The van der Waals surface area contributed by atoms with Crippen LogP contribution in [0.15, 0.2) is 24.3 Å². The Morgan fingerprint density at radius 3 is 2.49 bits per heavy atom. The highest BCUT2D eigenvalue weighted by atomic mass is 19.3. The third-order valence-corrected chi connectivity index (χ3v) is 6.14. The van der Waals surface area contributed by atoms with E-state index in [1.807, 2.05) is 0 Å². The third-order valence-electron chi connectivity index (χ3n) is 6.14.